The van der Waals surface area contributed by atoms with Gasteiger partial charge in [0.15, 0.2) is 0 Å². The molecule has 0 aromatic carbocycles. The van der Waals surface area contributed by atoms with Crippen molar-refractivity contribution in [2.24, 2.45) is 11.1 Å². The maximum Gasteiger partial charge on any atom is 0.248 e. The topological polar surface area (TPSA) is 62.1 Å². The molecule has 0 aliphatic carbocycles. The summed E-state index contributed by atoms with van der Waals surface area (Å²) < 4.78 is 5.50. The van der Waals surface area contributed by atoms with Crippen LogP contribution in [0.5, 0.6) is 0 Å². The minimum absolute atomic E-state index is 0.0142. The number of piperidine rings is 1. The molecular weight excluding hydrogens is 232 g/mol. The van der Waals surface area contributed by atoms with E-state index in [9.17, 15) is 4.79 Å². The molecule has 1 heterocycles. The molecule has 0 aromatic rings. The molecule has 18 heavy (non-hydrogen) atoms. The van der Waals surface area contributed by atoms with Crippen LogP contribution in [0.1, 0.15) is 40.5 Å². The standard InChI is InChI=1S/C13H24N2O3/c1-5-10-8-15(7-6-11(10)14-17)12(16)9-18-13(2,3)4/h10,17H,5-9H2,1-4H3. The van der Waals surface area contributed by atoms with Gasteiger partial charge in [-0.3, -0.25) is 4.79 Å². The smallest absolute Gasteiger partial charge is 0.248 e. The molecule has 5 heteroatoms. The second kappa shape index (κ2) is 6.18. The highest BCUT2D eigenvalue weighted by Crippen LogP contribution is 2.18. The Morgan fingerprint density at radius 1 is 1.56 bits per heavy atom. The first-order valence-electron chi connectivity index (χ1n) is 6.50. The van der Waals surface area contributed by atoms with Gasteiger partial charge in [0.05, 0.1) is 11.3 Å². The quantitative estimate of drug-likeness (QED) is 0.619. The molecule has 0 bridgehead atoms. The third kappa shape index (κ3) is 4.29. The summed E-state index contributed by atoms with van der Waals surface area (Å²) in [6.45, 7) is 9.19. The third-order valence-corrected chi connectivity index (χ3v) is 3.15. The summed E-state index contributed by atoms with van der Waals surface area (Å²) in [7, 11) is 0. The van der Waals surface area contributed by atoms with E-state index in [1.54, 1.807) is 4.90 Å². The second-order valence-corrected chi connectivity index (χ2v) is 5.69. The Labute approximate surface area is 109 Å². The number of oxime groups is 1. The van der Waals surface area contributed by atoms with E-state index in [0.717, 1.165) is 12.1 Å². The second-order valence-electron chi connectivity index (χ2n) is 5.69. The zero-order chi connectivity index (χ0) is 13.8. The lowest BCUT2D eigenvalue weighted by atomic mass is 9.93. The molecule has 0 aromatic heterocycles. The lowest BCUT2D eigenvalue weighted by molar-refractivity contribution is -0.141. The number of amides is 1. The summed E-state index contributed by atoms with van der Waals surface area (Å²) in [6, 6.07) is 0. The van der Waals surface area contributed by atoms with Crippen molar-refractivity contribution in [3.63, 3.8) is 0 Å². The SMILES string of the molecule is CCC1CN(C(=O)COC(C)(C)C)CCC1=NO. The molecule has 1 saturated heterocycles. The third-order valence-electron chi connectivity index (χ3n) is 3.15. The van der Waals surface area contributed by atoms with Crippen LogP contribution in [-0.4, -0.2) is 47.0 Å². The van der Waals surface area contributed by atoms with Crippen LogP contribution in [0.4, 0.5) is 0 Å². The van der Waals surface area contributed by atoms with Crippen LogP contribution in [0.2, 0.25) is 0 Å². The van der Waals surface area contributed by atoms with Gasteiger partial charge in [0.25, 0.3) is 0 Å². The van der Waals surface area contributed by atoms with Crippen molar-refractivity contribution in [3.8, 4) is 0 Å². The summed E-state index contributed by atoms with van der Waals surface area (Å²) in [5.41, 5.74) is 0.506. The van der Waals surface area contributed by atoms with E-state index in [1.807, 2.05) is 27.7 Å². The largest absolute Gasteiger partial charge is 0.411 e. The lowest BCUT2D eigenvalue weighted by Crippen LogP contribution is -2.46. The van der Waals surface area contributed by atoms with Crippen molar-refractivity contribution in [1.29, 1.82) is 0 Å². The van der Waals surface area contributed by atoms with E-state index in [1.165, 1.54) is 0 Å². The molecular formula is C13H24N2O3. The Hall–Kier alpha value is -1.10. The zero-order valence-corrected chi connectivity index (χ0v) is 11.8. The van der Waals surface area contributed by atoms with Crippen molar-refractivity contribution in [2.45, 2.75) is 46.1 Å². The van der Waals surface area contributed by atoms with Crippen molar-refractivity contribution >= 4 is 11.6 Å². The maximum atomic E-state index is 12.0. The summed E-state index contributed by atoms with van der Waals surface area (Å²) >= 11 is 0. The molecule has 1 unspecified atom stereocenters. The average Bonchev–Trinajstić information content (AvgIpc) is 2.34. The van der Waals surface area contributed by atoms with Crippen molar-refractivity contribution < 1.29 is 14.7 Å². The van der Waals surface area contributed by atoms with Crippen LogP contribution >= 0.6 is 0 Å². The van der Waals surface area contributed by atoms with E-state index in [2.05, 4.69) is 5.16 Å². The number of hydrogen-bond acceptors (Lipinski definition) is 4. The molecule has 1 amide bonds. The maximum absolute atomic E-state index is 12.0. The van der Waals surface area contributed by atoms with Gasteiger partial charge in [-0.15, -0.1) is 0 Å². The Morgan fingerprint density at radius 3 is 2.72 bits per heavy atom. The number of carbonyl (C=O) groups excluding carboxylic acids is 1. The minimum atomic E-state index is -0.298. The van der Waals surface area contributed by atoms with Gasteiger partial charge in [0.1, 0.15) is 6.61 Å². The summed E-state index contributed by atoms with van der Waals surface area (Å²) in [4.78, 5) is 13.8. The highest BCUT2D eigenvalue weighted by atomic mass is 16.5. The zero-order valence-electron chi connectivity index (χ0n) is 11.8. The van der Waals surface area contributed by atoms with Gasteiger partial charge in [-0.25, -0.2) is 0 Å². The van der Waals surface area contributed by atoms with E-state index < -0.39 is 0 Å². The van der Waals surface area contributed by atoms with Crippen LogP contribution < -0.4 is 0 Å². The molecule has 1 aliphatic heterocycles. The fourth-order valence-electron chi connectivity index (χ4n) is 2.01. The number of nitrogens with zero attached hydrogens (tertiary/aromatic N) is 2. The van der Waals surface area contributed by atoms with Crippen LogP contribution in [0.15, 0.2) is 5.16 Å². The number of hydrogen-bond donors (Lipinski definition) is 1. The lowest BCUT2D eigenvalue weighted by Gasteiger charge is -2.33. The fraction of sp³-hybridized carbons (Fsp3) is 0.846. The number of carbonyl (C=O) groups is 1. The predicted molar refractivity (Wildman–Crippen MR) is 69.9 cm³/mol. The van der Waals surface area contributed by atoms with Crippen molar-refractivity contribution in [3.05, 3.63) is 0 Å². The number of likely N-dealkylation sites (tertiary alicyclic amines) is 1. The van der Waals surface area contributed by atoms with Gasteiger partial charge < -0.3 is 14.8 Å². The number of rotatable bonds is 3. The van der Waals surface area contributed by atoms with Gasteiger partial charge in [0, 0.05) is 25.4 Å². The first-order valence-corrected chi connectivity index (χ1v) is 6.50. The highest BCUT2D eigenvalue weighted by molar-refractivity contribution is 5.89. The van der Waals surface area contributed by atoms with Crippen molar-refractivity contribution in [1.82, 2.24) is 4.90 Å². The normalized spacial score (nSPS) is 23.4. The molecule has 1 atom stereocenters. The highest BCUT2D eigenvalue weighted by Gasteiger charge is 2.28. The monoisotopic (exact) mass is 256 g/mol. The molecule has 1 rings (SSSR count). The van der Waals surface area contributed by atoms with E-state index in [-0.39, 0.29) is 24.0 Å². The van der Waals surface area contributed by atoms with Crippen LogP contribution in [0, 0.1) is 5.92 Å². The molecule has 0 radical (unpaired) electrons. The predicted octanol–water partition coefficient (Wildman–Crippen LogP) is 1.89. The number of ether oxygens (including phenoxy) is 1. The van der Waals surface area contributed by atoms with E-state index >= 15 is 0 Å². The minimum Gasteiger partial charge on any atom is -0.411 e. The van der Waals surface area contributed by atoms with Crippen LogP contribution in [0.3, 0.4) is 0 Å². The van der Waals surface area contributed by atoms with Gasteiger partial charge in [0.2, 0.25) is 5.91 Å². The Bertz CT molecular complexity index is 321. The first-order chi connectivity index (χ1) is 8.37. The molecule has 104 valence electrons. The van der Waals surface area contributed by atoms with Crippen molar-refractivity contribution in [2.75, 3.05) is 19.7 Å². The Kier molecular flexibility index (Phi) is 5.14. The average molecular weight is 256 g/mol. The Balaban J connectivity index is 2.51. The van der Waals surface area contributed by atoms with Gasteiger partial charge in [-0.1, -0.05) is 12.1 Å². The molecule has 5 nitrogen and oxygen atoms in total. The van der Waals surface area contributed by atoms with E-state index in [4.69, 9.17) is 9.94 Å². The van der Waals surface area contributed by atoms with Crippen LogP contribution in [-0.2, 0) is 9.53 Å². The van der Waals surface area contributed by atoms with Gasteiger partial charge in [-0.2, -0.15) is 0 Å². The summed E-state index contributed by atoms with van der Waals surface area (Å²) in [6.07, 6.45) is 1.53. The molecule has 1 fully saturated rings. The molecule has 1 aliphatic rings. The fourth-order valence-corrected chi connectivity index (χ4v) is 2.01. The molecule has 0 spiro atoms. The van der Waals surface area contributed by atoms with E-state index in [0.29, 0.717) is 19.5 Å². The summed E-state index contributed by atoms with van der Waals surface area (Å²) in [5, 5.41) is 12.2. The Morgan fingerprint density at radius 2 is 2.22 bits per heavy atom. The first kappa shape index (κ1) is 15.0. The molecule has 0 saturated carbocycles. The van der Waals surface area contributed by atoms with Gasteiger partial charge >= 0.3 is 0 Å². The van der Waals surface area contributed by atoms with Gasteiger partial charge in [-0.05, 0) is 27.2 Å². The summed E-state index contributed by atoms with van der Waals surface area (Å²) in [5.74, 6) is 0.183. The molecule has 1 N–H and O–H groups in total. The van der Waals surface area contributed by atoms with Crippen LogP contribution in [0.25, 0.3) is 0 Å².